The van der Waals surface area contributed by atoms with Crippen molar-refractivity contribution in [3.8, 4) is 11.3 Å². The van der Waals surface area contributed by atoms with E-state index in [0.717, 1.165) is 17.0 Å². The number of halogens is 3. The van der Waals surface area contributed by atoms with E-state index >= 15 is 4.39 Å². The summed E-state index contributed by atoms with van der Waals surface area (Å²) < 4.78 is 43.5. The van der Waals surface area contributed by atoms with Crippen LogP contribution in [0.15, 0.2) is 30.9 Å². The van der Waals surface area contributed by atoms with Gasteiger partial charge in [-0.1, -0.05) is 0 Å². The first-order chi connectivity index (χ1) is 11.4. The predicted octanol–water partition coefficient (Wildman–Crippen LogP) is 3.52. The number of fused-ring (bicyclic) bond motifs is 3. The third-order valence-corrected chi connectivity index (χ3v) is 5.29. The maximum Gasteiger partial charge on any atom is 0.248 e. The average molecular weight is 337 g/mol. The summed E-state index contributed by atoms with van der Waals surface area (Å²) in [6, 6.07) is 3.40. The van der Waals surface area contributed by atoms with Crippen LogP contribution in [-0.4, -0.2) is 37.3 Å². The molecule has 0 spiro atoms. The van der Waals surface area contributed by atoms with E-state index in [0.29, 0.717) is 0 Å². The van der Waals surface area contributed by atoms with Gasteiger partial charge in [-0.2, -0.15) is 0 Å². The zero-order valence-electron chi connectivity index (χ0n) is 13.0. The summed E-state index contributed by atoms with van der Waals surface area (Å²) in [5.41, 5.74) is 0.576. The standard InChI is InChI=1S/C17H18F3N3O/c18-16(3-5-17(19,20)6-4-16)14(24)8-12-15-11(2-1-7-22-15)13-9-21-10-23(12)13/h1-2,7,9-10,12,14,24H,3-6,8H2/t12?,14-/m1/s1. The maximum atomic E-state index is 15.0. The lowest BCUT2D eigenvalue weighted by atomic mass is 9.78. The van der Waals surface area contributed by atoms with Gasteiger partial charge in [0.05, 0.1) is 36.1 Å². The van der Waals surface area contributed by atoms with E-state index in [2.05, 4.69) is 9.97 Å². The number of hydrogen-bond donors (Lipinski definition) is 1. The highest BCUT2D eigenvalue weighted by molar-refractivity contribution is 5.66. The molecule has 24 heavy (non-hydrogen) atoms. The molecule has 0 saturated heterocycles. The van der Waals surface area contributed by atoms with Gasteiger partial charge < -0.3 is 9.67 Å². The number of alkyl halides is 3. The molecule has 0 bridgehead atoms. The van der Waals surface area contributed by atoms with E-state index in [-0.39, 0.29) is 25.3 Å². The van der Waals surface area contributed by atoms with Gasteiger partial charge >= 0.3 is 0 Å². The van der Waals surface area contributed by atoms with Crippen LogP contribution in [0.1, 0.15) is 43.8 Å². The molecule has 0 aromatic carbocycles. The van der Waals surface area contributed by atoms with Crippen LogP contribution in [0, 0.1) is 0 Å². The van der Waals surface area contributed by atoms with E-state index in [1.807, 2.05) is 16.7 Å². The van der Waals surface area contributed by atoms with Gasteiger partial charge in [0.1, 0.15) is 5.67 Å². The molecule has 1 aliphatic carbocycles. The summed E-state index contributed by atoms with van der Waals surface area (Å²) >= 11 is 0. The highest BCUT2D eigenvalue weighted by atomic mass is 19.3. The lowest BCUT2D eigenvalue weighted by Gasteiger charge is -2.37. The first kappa shape index (κ1) is 15.6. The summed E-state index contributed by atoms with van der Waals surface area (Å²) in [4.78, 5) is 8.48. The minimum absolute atomic E-state index is 0.0927. The van der Waals surface area contributed by atoms with Gasteiger partial charge in [-0.05, 0) is 25.0 Å². The maximum absolute atomic E-state index is 15.0. The first-order valence-electron chi connectivity index (χ1n) is 8.12. The molecule has 128 valence electrons. The number of rotatable bonds is 3. The van der Waals surface area contributed by atoms with Crippen molar-refractivity contribution in [2.75, 3.05) is 0 Å². The Labute approximate surface area is 137 Å². The van der Waals surface area contributed by atoms with Crippen molar-refractivity contribution in [3.05, 3.63) is 36.5 Å². The fourth-order valence-corrected chi connectivity index (χ4v) is 3.81. The second-order valence-corrected chi connectivity index (χ2v) is 6.78. The molecule has 4 nitrogen and oxygen atoms in total. The van der Waals surface area contributed by atoms with Crippen molar-refractivity contribution in [3.63, 3.8) is 0 Å². The topological polar surface area (TPSA) is 50.9 Å². The smallest absolute Gasteiger partial charge is 0.248 e. The van der Waals surface area contributed by atoms with Gasteiger partial charge in [-0.25, -0.2) is 18.2 Å². The number of aliphatic hydroxyl groups is 1. The first-order valence-corrected chi connectivity index (χ1v) is 8.12. The monoisotopic (exact) mass is 337 g/mol. The van der Waals surface area contributed by atoms with E-state index in [1.165, 1.54) is 0 Å². The Morgan fingerprint density at radius 2 is 2.00 bits per heavy atom. The molecule has 1 aliphatic heterocycles. The fraction of sp³-hybridized carbons (Fsp3) is 0.529. The summed E-state index contributed by atoms with van der Waals surface area (Å²) in [5.74, 6) is -2.83. The minimum Gasteiger partial charge on any atom is -0.390 e. The second-order valence-electron chi connectivity index (χ2n) is 6.78. The second kappa shape index (κ2) is 5.31. The Kier molecular flexibility index (Phi) is 3.46. The fourth-order valence-electron chi connectivity index (χ4n) is 3.81. The molecule has 3 heterocycles. The van der Waals surface area contributed by atoms with Gasteiger partial charge in [0.2, 0.25) is 5.92 Å². The van der Waals surface area contributed by atoms with Crippen molar-refractivity contribution >= 4 is 0 Å². The zero-order valence-corrected chi connectivity index (χ0v) is 13.0. The van der Waals surface area contributed by atoms with Gasteiger partial charge in [-0.3, -0.25) is 4.98 Å². The molecular weight excluding hydrogens is 319 g/mol. The third-order valence-electron chi connectivity index (χ3n) is 5.29. The van der Waals surface area contributed by atoms with Crippen molar-refractivity contribution in [2.45, 2.75) is 55.8 Å². The SMILES string of the molecule is O[C@H](CC1c2ncccc2-c2cncn21)C1(F)CCC(F)(F)CC1. The Morgan fingerprint density at radius 3 is 2.75 bits per heavy atom. The average Bonchev–Trinajstić information content (AvgIpc) is 3.14. The van der Waals surface area contributed by atoms with E-state index in [1.54, 1.807) is 18.7 Å². The van der Waals surface area contributed by atoms with Crippen molar-refractivity contribution in [1.29, 1.82) is 0 Å². The van der Waals surface area contributed by atoms with Crippen LogP contribution in [-0.2, 0) is 0 Å². The largest absolute Gasteiger partial charge is 0.390 e. The highest BCUT2D eigenvalue weighted by Gasteiger charge is 2.49. The van der Waals surface area contributed by atoms with Gasteiger partial charge in [0, 0.05) is 31.0 Å². The Balaban J connectivity index is 1.58. The molecule has 2 aromatic rings. The third kappa shape index (κ3) is 2.42. The highest BCUT2D eigenvalue weighted by Crippen LogP contribution is 2.46. The van der Waals surface area contributed by atoms with E-state index < -0.39 is 30.5 Å². The lowest BCUT2D eigenvalue weighted by Crippen LogP contribution is -2.45. The number of pyridine rings is 1. The number of imidazole rings is 1. The van der Waals surface area contributed by atoms with Gasteiger partial charge in [0.15, 0.2) is 0 Å². The molecule has 1 saturated carbocycles. The van der Waals surface area contributed by atoms with E-state index in [9.17, 15) is 13.9 Å². The minimum atomic E-state index is -2.83. The Bertz CT molecular complexity index is 751. The van der Waals surface area contributed by atoms with Crippen LogP contribution in [0.5, 0.6) is 0 Å². The normalized spacial score (nSPS) is 25.1. The lowest BCUT2D eigenvalue weighted by molar-refractivity contribution is -0.114. The van der Waals surface area contributed by atoms with Gasteiger partial charge in [-0.15, -0.1) is 0 Å². The number of aromatic nitrogens is 3. The molecule has 0 radical (unpaired) electrons. The predicted molar refractivity (Wildman–Crippen MR) is 81.5 cm³/mol. The molecule has 1 fully saturated rings. The molecule has 2 atom stereocenters. The van der Waals surface area contributed by atoms with Crippen LogP contribution >= 0.6 is 0 Å². The number of nitrogens with zero attached hydrogens (tertiary/aromatic N) is 3. The molecule has 1 unspecified atom stereocenters. The van der Waals surface area contributed by atoms with Crippen LogP contribution in [0.2, 0.25) is 0 Å². The molecule has 1 N–H and O–H groups in total. The summed E-state index contributed by atoms with van der Waals surface area (Å²) in [7, 11) is 0. The molecule has 2 aromatic heterocycles. The van der Waals surface area contributed by atoms with Crippen LogP contribution in [0.4, 0.5) is 13.2 Å². The molecule has 4 rings (SSSR count). The molecule has 2 aliphatic rings. The number of aliphatic hydroxyl groups excluding tert-OH is 1. The Hall–Kier alpha value is -1.89. The molecular formula is C17H18F3N3O. The summed E-state index contributed by atoms with van der Waals surface area (Å²) in [5, 5.41) is 10.5. The summed E-state index contributed by atoms with van der Waals surface area (Å²) in [6.07, 6.45) is 2.10. The van der Waals surface area contributed by atoms with Gasteiger partial charge in [0.25, 0.3) is 0 Å². The van der Waals surface area contributed by atoms with Crippen LogP contribution < -0.4 is 0 Å². The summed E-state index contributed by atoms with van der Waals surface area (Å²) in [6.45, 7) is 0. The van der Waals surface area contributed by atoms with Crippen molar-refractivity contribution in [2.24, 2.45) is 0 Å². The number of hydrogen-bond acceptors (Lipinski definition) is 3. The van der Waals surface area contributed by atoms with Crippen LogP contribution in [0.3, 0.4) is 0 Å². The quantitative estimate of drug-likeness (QED) is 0.932. The van der Waals surface area contributed by atoms with Crippen LogP contribution in [0.25, 0.3) is 11.3 Å². The Morgan fingerprint density at radius 1 is 1.25 bits per heavy atom. The van der Waals surface area contributed by atoms with E-state index in [4.69, 9.17) is 0 Å². The zero-order chi connectivity index (χ0) is 16.9. The van der Waals surface area contributed by atoms with Crippen molar-refractivity contribution in [1.82, 2.24) is 14.5 Å². The molecule has 0 amide bonds. The molecule has 7 heteroatoms. The van der Waals surface area contributed by atoms with Crippen molar-refractivity contribution < 1.29 is 18.3 Å².